The van der Waals surface area contributed by atoms with Gasteiger partial charge in [0.2, 0.25) is 0 Å². The molecule has 0 aliphatic rings. The normalized spacial score (nSPS) is 10.1. The smallest absolute Gasteiger partial charge is 0.257 e. The molecule has 2 aromatic rings. The third kappa shape index (κ3) is 2.93. The number of hydrogen-bond acceptors (Lipinski definition) is 3. The van der Waals surface area contributed by atoms with Gasteiger partial charge in [-0.15, -0.1) is 0 Å². The maximum atomic E-state index is 11.9. The average Bonchev–Trinajstić information content (AvgIpc) is 2.39. The molecule has 4 heteroatoms. The summed E-state index contributed by atoms with van der Waals surface area (Å²) in [4.78, 5) is 15.9. The number of carbonyl (C=O) groups excluding carboxylic acids is 1. The molecule has 4 nitrogen and oxygen atoms in total. The second-order valence-electron chi connectivity index (χ2n) is 4.06. The van der Waals surface area contributed by atoms with Crippen molar-refractivity contribution >= 4 is 11.6 Å². The van der Waals surface area contributed by atoms with Crippen molar-refractivity contribution in [3.63, 3.8) is 0 Å². The number of aliphatic hydroxyl groups is 1. The van der Waals surface area contributed by atoms with Gasteiger partial charge in [-0.3, -0.25) is 9.78 Å². The second-order valence-corrected chi connectivity index (χ2v) is 4.06. The Balaban J connectivity index is 2.11. The molecule has 1 amide bonds. The van der Waals surface area contributed by atoms with Gasteiger partial charge in [0.15, 0.2) is 0 Å². The molecule has 0 aliphatic carbocycles. The van der Waals surface area contributed by atoms with Gasteiger partial charge in [-0.05, 0) is 36.2 Å². The first-order valence-electron chi connectivity index (χ1n) is 5.62. The monoisotopic (exact) mass is 242 g/mol. The van der Waals surface area contributed by atoms with Crippen LogP contribution in [0.5, 0.6) is 0 Å². The van der Waals surface area contributed by atoms with Crippen LogP contribution in [0.15, 0.2) is 42.7 Å². The highest BCUT2D eigenvalue weighted by molar-refractivity contribution is 6.04. The minimum absolute atomic E-state index is 0.00394. The van der Waals surface area contributed by atoms with Crippen molar-refractivity contribution in [3.8, 4) is 0 Å². The van der Waals surface area contributed by atoms with Gasteiger partial charge in [-0.2, -0.15) is 0 Å². The summed E-state index contributed by atoms with van der Waals surface area (Å²) < 4.78 is 0. The standard InChI is InChI=1S/C14H14N2O2/c1-10-6-12(8-15-7-10)14(18)16-13-4-2-11(9-17)3-5-13/h2-8,17H,9H2,1H3,(H,16,18). The van der Waals surface area contributed by atoms with Crippen molar-refractivity contribution < 1.29 is 9.90 Å². The maximum Gasteiger partial charge on any atom is 0.257 e. The van der Waals surface area contributed by atoms with Crippen LogP contribution < -0.4 is 5.32 Å². The van der Waals surface area contributed by atoms with E-state index in [0.717, 1.165) is 11.1 Å². The van der Waals surface area contributed by atoms with Crippen LogP contribution in [-0.4, -0.2) is 16.0 Å². The Morgan fingerprint density at radius 2 is 2.00 bits per heavy atom. The van der Waals surface area contributed by atoms with Crippen molar-refractivity contribution in [2.24, 2.45) is 0 Å². The molecule has 0 unspecified atom stereocenters. The molecule has 0 saturated carbocycles. The number of amides is 1. The summed E-state index contributed by atoms with van der Waals surface area (Å²) in [7, 11) is 0. The highest BCUT2D eigenvalue weighted by Crippen LogP contribution is 2.11. The molecule has 0 bridgehead atoms. The molecule has 0 radical (unpaired) electrons. The molecule has 0 atom stereocenters. The average molecular weight is 242 g/mol. The van der Waals surface area contributed by atoms with Crippen LogP contribution in [0.25, 0.3) is 0 Å². The highest BCUT2D eigenvalue weighted by Gasteiger charge is 2.06. The fourth-order valence-corrected chi connectivity index (χ4v) is 1.58. The predicted molar refractivity (Wildman–Crippen MR) is 69.3 cm³/mol. The fraction of sp³-hybridized carbons (Fsp3) is 0.143. The van der Waals surface area contributed by atoms with E-state index in [2.05, 4.69) is 10.3 Å². The first-order valence-corrected chi connectivity index (χ1v) is 5.62. The Labute approximate surface area is 105 Å². The number of rotatable bonds is 3. The van der Waals surface area contributed by atoms with Crippen LogP contribution in [0.4, 0.5) is 5.69 Å². The zero-order valence-corrected chi connectivity index (χ0v) is 10.1. The lowest BCUT2D eigenvalue weighted by Gasteiger charge is -2.06. The molecular weight excluding hydrogens is 228 g/mol. The lowest BCUT2D eigenvalue weighted by atomic mass is 10.2. The van der Waals surface area contributed by atoms with Gasteiger partial charge in [-0.1, -0.05) is 12.1 Å². The van der Waals surface area contributed by atoms with Gasteiger partial charge in [0, 0.05) is 18.1 Å². The van der Waals surface area contributed by atoms with E-state index in [1.807, 2.05) is 6.92 Å². The molecule has 1 heterocycles. The summed E-state index contributed by atoms with van der Waals surface area (Å²) >= 11 is 0. The van der Waals surface area contributed by atoms with Crippen LogP contribution >= 0.6 is 0 Å². The Hall–Kier alpha value is -2.20. The van der Waals surface area contributed by atoms with Crippen LogP contribution in [0.1, 0.15) is 21.5 Å². The van der Waals surface area contributed by atoms with Crippen LogP contribution in [0, 0.1) is 6.92 Å². The van der Waals surface area contributed by atoms with E-state index in [9.17, 15) is 4.79 Å². The molecular formula is C14H14N2O2. The van der Waals surface area contributed by atoms with E-state index < -0.39 is 0 Å². The van der Waals surface area contributed by atoms with Gasteiger partial charge >= 0.3 is 0 Å². The van der Waals surface area contributed by atoms with Crippen LogP contribution in [0.2, 0.25) is 0 Å². The van der Waals surface area contributed by atoms with Gasteiger partial charge < -0.3 is 10.4 Å². The number of aryl methyl sites for hydroxylation is 1. The summed E-state index contributed by atoms with van der Waals surface area (Å²) in [5, 5.41) is 11.7. The molecule has 2 N–H and O–H groups in total. The molecule has 1 aromatic carbocycles. The van der Waals surface area contributed by atoms with Crippen LogP contribution in [-0.2, 0) is 6.61 Å². The summed E-state index contributed by atoms with van der Waals surface area (Å²) in [5.41, 5.74) is 2.98. The molecule has 0 aliphatic heterocycles. The molecule has 18 heavy (non-hydrogen) atoms. The second kappa shape index (κ2) is 5.42. The van der Waals surface area contributed by atoms with Crippen molar-refractivity contribution in [3.05, 3.63) is 59.4 Å². The number of anilines is 1. The fourth-order valence-electron chi connectivity index (χ4n) is 1.58. The summed E-state index contributed by atoms with van der Waals surface area (Å²) in [6, 6.07) is 8.83. The minimum atomic E-state index is -0.192. The number of pyridine rings is 1. The molecule has 2 rings (SSSR count). The first kappa shape index (κ1) is 12.3. The lowest BCUT2D eigenvalue weighted by Crippen LogP contribution is -2.12. The third-order valence-corrected chi connectivity index (χ3v) is 2.53. The van der Waals surface area contributed by atoms with Crippen molar-refractivity contribution in [2.75, 3.05) is 5.32 Å². The number of carbonyl (C=O) groups is 1. The van der Waals surface area contributed by atoms with Crippen molar-refractivity contribution in [1.82, 2.24) is 4.98 Å². The Morgan fingerprint density at radius 3 is 2.61 bits per heavy atom. The van der Waals surface area contributed by atoms with Crippen molar-refractivity contribution in [2.45, 2.75) is 13.5 Å². The number of aliphatic hydroxyl groups excluding tert-OH is 1. The topological polar surface area (TPSA) is 62.2 Å². The Kier molecular flexibility index (Phi) is 3.69. The van der Waals surface area contributed by atoms with E-state index in [1.54, 1.807) is 36.5 Å². The molecule has 0 saturated heterocycles. The van der Waals surface area contributed by atoms with Crippen LogP contribution in [0.3, 0.4) is 0 Å². The van der Waals surface area contributed by atoms with E-state index in [1.165, 1.54) is 6.20 Å². The molecule has 0 fully saturated rings. The van der Waals surface area contributed by atoms with Gasteiger partial charge in [0.05, 0.1) is 12.2 Å². The summed E-state index contributed by atoms with van der Waals surface area (Å²) in [5.74, 6) is -0.192. The SMILES string of the molecule is Cc1cncc(C(=O)Nc2ccc(CO)cc2)c1. The highest BCUT2D eigenvalue weighted by atomic mass is 16.3. The van der Waals surface area contributed by atoms with Crippen molar-refractivity contribution in [1.29, 1.82) is 0 Å². The quantitative estimate of drug-likeness (QED) is 0.866. The molecule has 0 spiro atoms. The minimum Gasteiger partial charge on any atom is -0.392 e. The van der Waals surface area contributed by atoms with Gasteiger partial charge in [0.25, 0.3) is 5.91 Å². The Bertz CT molecular complexity index is 550. The van der Waals surface area contributed by atoms with Gasteiger partial charge in [-0.25, -0.2) is 0 Å². The number of hydrogen-bond donors (Lipinski definition) is 2. The number of aromatic nitrogens is 1. The van der Waals surface area contributed by atoms with E-state index >= 15 is 0 Å². The number of nitrogens with one attached hydrogen (secondary N) is 1. The zero-order valence-electron chi connectivity index (χ0n) is 10.1. The van der Waals surface area contributed by atoms with Gasteiger partial charge in [0.1, 0.15) is 0 Å². The number of nitrogens with zero attached hydrogens (tertiary/aromatic N) is 1. The predicted octanol–water partition coefficient (Wildman–Crippen LogP) is 2.13. The molecule has 92 valence electrons. The number of benzene rings is 1. The Morgan fingerprint density at radius 1 is 1.28 bits per heavy atom. The third-order valence-electron chi connectivity index (χ3n) is 2.53. The lowest BCUT2D eigenvalue weighted by molar-refractivity contribution is 0.102. The summed E-state index contributed by atoms with van der Waals surface area (Å²) in [6.07, 6.45) is 3.23. The maximum absolute atomic E-state index is 11.9. The summed E-state index contributed by atoms with van der Waals surface area (Å²) in [6.45, 7) is 1.88. The van der Waals surface area contributed by atoms with E-state index in [0.29, 0.717) is 11.3 Å². The van der Waals surface area contributed by atoms with E-state index in [4.69, 9.17) is 5.11 Å². The largest absolute Gasteiger partial charge is 0.392 e. The van der Waals surface area contributed by atoms with E-state index in [-0.39, 0.29) is 12.5 Å². The first-order chi connectivity index (χ1) is 8.69. The zero-order chi connectivity index (χ0) is 13.0. The molecule has 1 aromatic heterocycles.